The summed E-state index contributed by atoms with van der Waals surface area (Å²) in [6, 6.07) is 6.58. The van der Waals surface area contributed by atoms with E-state index < -0.39 is 11.7 Å². The molecule has 0 saturated carbocycles. The number of aromatic nitrogens is 1. The highest BCUT2D eigenvalue weighted by atomic mass is 35.5. The first-order valence-corrected chi connectivity index (χ1v) is 6.05. The number of nitrogens with one attached hydrogen (secondary N) is 2. The maximum absolute atomic E-state index is 12.5. The fourth-order valence-electron chi connectivity index (χ4n) is 1.59. The van der Waals surface area contributed by atoms with E-state index >= 15 is 0 Å². The Hall–Kier alpha value is -1.95. The number of nitrogens with zero attached hydrogens (tertiary/aromatic N) is 1. The van der Waals surface area contributed by atoms with E-state index in [9.17, 15) is 13.2 Å². The van der Waals surface area contributed by atoms with Gasteiger partial charge in [0, 0.05) is 25.0 Å². The lowest BCUT2D eigenvalue weighted by molar-refractivity contribution is -0.137. The summed E-state index contributed by atoms with van der Waals surface area (Å²) in [7, 11) is 1.72. The molecule has 0 aliphatic carbocycles. The van der Waals surface area contributed by atoms with Crippen LogP contribution in [-0.4, -0.2) is 12.0 Å². The molecule has 2 N–H and O–H groups in total. The van der Waals surface area contributed by atoms with Crippen molar-refractivity contribution in [2.45, 2.75) is 6.18 Å². The second-order valence-corrected chi connectivity index (χ2v) is 4.40. The average Bonchev–Trinajstić information content (AvgIpc) is 2.40. The number of hydrogen-bond donors (Lipinski definition) is 2. The van der Waals surface area contributed by atoms with Crippen molar-refractivity contribution >= 4 is 28.8 Å². The Balaban J connectivity index is 2.25. The van der Waals surface area contributed by atoms with Gasteiger partial charge in [0.25, 0.3) is 0 Å². The molecule has 2 aromatic rings. The van der Waals surface area contributed by atoms with Crippen molar-refractivity contribution in [1.29, 1.82) is 0 Å². The summed E-state index contributed by atoms with van der Waals surface area (Å²) in [5.41, 5.74) is 0.289. The highest BCUT2D eigenvalue weighted by Gasteiger charge is 2.30. The molecule has 20 heavy (non-hydrogen) atoms. The highest BCUT2D eigenvalue weighted by molar-refractivity contribution is 6.33. The Morgan fingerprint density at radius 3 is 2.50 bits per heavy atom. The van der Waals surface area contributed by atoms with Crippen molar-refractivity contribution < 1.29 is 13.2 Å². The predicted octanol–water partition coefficient (Wildman–Crippen LogP) is 4.54. The monoisotopic (exact) mass is 301 g/mol. The summed E-state index contributed by atoms with van der Waals surface area (Å²) >= 11 is 5.87. The lowest BCUT2D eigenvalue weighted by atomic mass is 10.2. The summed E-state index contributed by atoms with van der Waals surface area (Å²) < 4.78 is 37.6. The van der Waals surface area contributed by atoms with Crippen LogP contribution in [0.15, 0.2) is 36.5 Å². The third-order valence-corrected chi connectivity index (χ3v) is 2.90. The zero-order chi connectivity index (χ0) is 14.8. The van der Waals surface area contributed by atoms with Crippen LogP contribution in [0.4, 0.5) is 30.4 Å². The van der Waals surface area contributed by atoms with Gasteiger partial charge in [0.1, 0.15) is 5.82 Å². The Morgan fingerprint density at radius 2 is 1.90 bits per heavy atom. The van der Waals surface area contributed by atoms with Gasteiger partial charge in [-0.25, -0.2) is 4.98 Å². The number of pyridine rings is 1. The predicted molar refractivity (Wildman–Crippen MR) is 73.5 cm³/mol. The molecular weight excluding hydrogens is 291 g/mol. The van der Waals surface area contributed by atoms with Gasteiger partial charge >= 0.3 is 6.18 Å². The fourth-order valence-corrected chi connectivity index (χ4v) is 1.82. The van der Waals surface area contributed by atoms with Gasteiger partial charge in [0.2, 0.25) is 0 Å². The van der Waals surface area contributed by atoms with Gasteiger partial charge in [-0.2, -0.15) is 13.2 Å². The van der Waals surface area contributed by atoms with Crippen molar-refractivity contribution in [3.05, 3.63) is 47.1 Å². The topological polar surface area (TPSA) is 37.0 Å². The molecule has 1 heterocycles. The summed E-state index contributed by atoms with van der Waals surface area (Å²) in [5.74, 6) is 0.637. The molecule has 0 unspecified atom stereocenters. The molecule has 3 nitrogen and oxygen atoms in total. The molecule has 7 heteroatoms. The molecule has 0 radical (unpaired) electrons. The molecule has 0 fully saturated rings. The van der Waals surface area contributed by atoms with E-state index in [4.69, 9.17) is 11.6 Å². The molecular formula is C13H11ClF3N3. The minimum atomic E-state index is -4.40. The van der Waals surface area contributed by atoms with E-state index in [1.54, 1.807) is 25.4 Å². The number of anilines is 3. The number of hydrogen-bond acceptors (Lipinski definition) is 3. The zero-order valence-corrected chi connectivity index (χ0v) is 11.2. The van der Waals surface area contributed by atoms with Crippen LogP contribution in [0.3, 0.4) is 0 Å². The summed E-state index contributed by atoms with van der Waals surface area (Å²) in [6.45, 7) is 0. The minimum absolute atomic E-state index is 0.00245. The third-order valence-electron chi connectivity index (χ3n) is 2.59. The van der Waals surface area contributed by atoms with E-state index in [2.05, 4.69) is 15.6 Å². The first-order chi connectivity index (χ1) is 9.40. The fraction of sp³-hybridized carbons (Fsp3) is 0.154. The molecule has 0 bridgehead atoms. The normalized spacial score (nSPS) is 11.2. The van der Waals surface area contributed by atoms with Gasteiger partial charge < -0.3 is 10.6 Å². The molecule has 0 aliphatic heterocycles. The van der Waals surface area contributed by atoms with E-state index in [0.29, 0.717) is 17.2 Å². The van der Waals surface area contributed by atoms with E-state index in [1.165, 1.54) is 6.07 Å². The van der Waals surface area contributed by atoms with E-state index in [-0.39, 0.29) is 5.02 Å². The largest absolute Gasteiger partial charge is 0.416 e. The van der Waals surface area contributed by atoms with Crippen molar-refractivity contribution in [2.24, 2.45) is 0 Å². The van der Waals surface area contributed by atoms with Crippen LogP contribution in [0.25, 0.3) is 0 Å². The molecule has 0 aliphatic rings. The summed E-state index contributed by atoms with van der Waals surface area (Å²) in [6.07, 6.45) is -2.83. The average molecular weight is 302 g/mol. The van der Waals surface area contributed by atoms with Crippen molar-refractivity contribution in [3.8, 4) is 0 Å². The standard InChI is InChI=1S/C13H11ClF3N3/c1-18-12-7-9(4-5-19-12)20-11-3-2-8(6-10(11)14)13(15,16)17/h2-7H,1H3,(H2,18,19,20). The molecule has 2 rings (SSSR count). The van der Waals surface area contributed by atoms with Crippen molar-refractivity contribution in [2.75, 3.05) is 17.7 Å². The minimum Gasteiger partial charge on any atom is -0.373 e. The first kappa shape index (κ1) is 14.5. The lowest BCUT2D eigenvalue weighted by Gasteiger charge is -2.12. The lowest BCUT2D eigenvalue weighted by Crippen LogP contribution is -2.05. The maximum Gasteiger partial charge on any atom is 0.416 e. The van der Waals surface area contributed by atoms with Crippen LogP contribution in [-0.2, 0) is 6.18 Å². The smallest absolute Gasteiger partial charge is 0.373 e. The number of benzene rings is 1. The molecule has 0 spiro atoms. The Bertz CT molecular complexity index is 614. The van der Waals surface area contributed by atoms with Gasteiger partial charge in [0.15, 0.2) is 0 Å². The van der Waals surface area contributed by atoms with Gasteiger partial charge in [0.05, 0.1) is 16.3 Å². The number of alkyl halides is 3. The van der Waals surface area contributed by atoms with Crippen LogP contribution < -0.4 is 10.6 Å². The van der Waals surface area contributed by atoms with Crippen LogP contribution in [0.5, 0.6) is 0 Å². The van der Waals surface area contributed by atoms with Gasteiger partial charge in [-0.15, -0.1) is 0 Å². The Labute approximate surface area is 118 Å². The van der Waals surface area contributed by atoms with Crippen molar-refractivity contribution in [3.63, 3.8) is 0 Å². The van der Waals surface area contributed by atoms with Gasteiger partial charge in [-0.1, -0.05) is 11.6 Å². The third kappa shape index (κ3) is 3.33. The van der Waals surface area contributed by atoms with E-state index in [1.807, 2.05) is 0 Å². The Kier molecular flexibility index (Phi) is 4.04. The van der Waals surface area contributed by atoms with Crippen LogP contribution in [0.1, 0.15) is 5.56 Å². The van der Waals surface area contributed by atoms with Gasteiger partial charge in [-0.3, -0.25) is 0 Å². The zero-order valence-electron chi connectivity index (χ0n) is 10.4. The van der Waals surface area contributed by atoms with Crippen LogP contribution in [0.2, 0.25) is 5.02 Å². The molecule has 1 aromatic carbocycles. The van der Waals surface area contributed by atoms with E-state index in [0.717, 1.165) is 12.1 Å². The molecule has 0 amide bonds. The Morgan fingerprint density at radius 1 is 1.15 bits per heavy atom. The van der Waals surface area contributed by atoms with Crippen molar-refractivity contribution in [1.82, 2.24) is 4.98 Å². The number of rotatable bonds is 3. The maximum atomic E-state index is 12.5. The highest BCUT2D eigenvalue weighted by Crippen LogP contribution is 2.34. The van der Waals surface area contributed by atoms with Crippen LogP contribution >= 0.6 is 11.6 Å². The van der Waals surface area contributed by atoms with Crippen LogP contribution in [0, 0.1) is 0 Å². The van der Waals surface area contributed by atoms with Gasteiger partial charge in [-0.05, 0) is 24.3 Å². The SMILES string of the molecule is CNc1cc(Nc2ccc(C(F)(F)F)cc2Cl)ccn1. The second-order valence-electron chi connectivity index (χ2n) is 4.00. The second kappa shape index (κ2) is 5.58. The first-order valence-electron chi connectivity index (χ1n) is 5.68. The molecule has 0 atom stereocenters. The number of halogens is 4. The molecule has 1 aromatic heterocycles. The summed E-state index contributed by atoms with van der Waals surface area (Å²) in [5, 5.41) is 5.81. The molecule has 0 saturated heterocycles. The quantitative estimate of drug-likeness (QED) is 0.874. The summed E-state index contributed by atoms with van der Waals surface area (Å²) in [4.78, 5) is 4.04. The molecule has 106 valence electrons.